The molecular formula is C28H30Cl2N2O3. The molecule has 1 atom stereocenters. The number of aryl methyl sites for hydroxylation is 2. The van der Waals surface area contributed by atoms with Crippen LogP contribution in [0.25, 0.3) is 0 Å². The molecule has 1 N–H and O–H groups in total. The molecule has 0 aliphatic heterocycles. The van der Waals surface area contributed by atoms with Crippen LogP contribution in [0.5, 0.6) is 5.75 Å². The van der Waals surface area contributed by atoms with Gasteiger partial charge in [0.05, 0.1) is 10.0 Å². The lowest BCUT2D eigenvalue weighted by Gasteiger charge is -2.31. The summed E-state index contributed by atoms with van der Waals surface area (Å²) in [7, 11) is 1.57. The summed E-state index contributed by atoms with van der Waals surface area (Å²) >= 11 is 12.3. The highest BCUT2D eigenvalue weighted by Gasteiger charge is 2.30. The molecule has 0 aromatic heterocycles. The molecule has 0 spiro atoms. The molecule has 184 valence electrons. The SMILES string of the molecule is CNC(=O)[C@@H](Cc1ccccc1)N(Cc1ccc(Cl)c(Cl)c1)C(=O)COc1cc(C)cc(C)c1C. The van der Waals surface area contributed by atoms with Crippen molar-refractivity contribution in [2.75, 3.05) is 13.7 Å². The molecule has 0 bridgehead atoms. The minimum atomic E-state index is -0.742. The first-order valence-electron chi connectivity index (χ1n) is 11.4. The van der Waals surface area contributed by atoms with Gasteiger partial charge in [-0.1, -0.05) is 65.7 Å². The number of carbonyl (C=O) groups excluding carboxylic acids is 2. The summed E-state index contributed by atoms with van der Waals surface area (Å²) in [6.07, 6.45) is 0.357. The zero-order chi connectivity index (χ0) is 25.5. The van der Waals surface area contributed by atoms with Gasteiger partial charge in [0, 0.05) is 20.0 Å². The van der Waals surface area contributed by atoms with Gasteiger partial charge < -0.3 is 15.0 Å². The van der Waals surface area contributed by atoms with E-state index in [1.807, 2.05) is 57.2 Å². The second-order valence-corrected chi connectivity index (χ2v) is 9.40. The number of amides is 2. The Morgan fingerprint density at radius 1 is 0.943 bits per heavy atom. The molecule has 0 heterocycles. The Morgan fingerprint density at radius 2 is 1.66 bits per heavy atom. The van der Waals surface area contributed by atoms with Crippen molar-refractivity contribution in [2.24, 2.45) is 0 Å². The van der Waals surface area contributed by atoms with Crippen LogP contribution in [0.15, 0.2) is 60.7 Å². The Morgan fingerprint density at radius 3 is 2.31 bits per heavy atom. The van der Waals surface area contributed by atoms with Crippen LogP contribution in [0.1, 0.15) is 27.8 Å². The normalized spacial score (nSPS) is 11.6. The summed E-state index contributed by atoms with van der Waals surface area (Å²) in [6, 6.07) is 18.0. The molecule has 3 aromatic carbocycles. The Labute approximate surface area is 217 Å². The number of likely N-dealkylation sites (N-methyl/N-ethyl adjacent to an activating group) is 1. The third kappa shape index (κ3) is 7.00. The van der Waals surface area contributed by atoms with Crippen LogP contribution in [0, 0.1) is 20.8 Å². The maximum absolute atomic E-state index is 13.6. The van der Waals surface area contributed by atoms with E-state index in [0.29, 0.717) is 22.2 Å². The first-order chi connectivity index (χ1) is 16.7. The van der Waals surface area contributed by atoms with Crippen LogP contribution in [-0.4, -0.2) is 36.4 Å². The third-order valence-corrected chi connectivity index (χ3v) is 6.71. The fraction of sp³-hybridized carbons (Fsp3) is 0.286. The smallest absolute Gasteiger partial charge is 0.261 e. The minimum Gasteiger partial charge on any atom is -0.483 e. The van der Waals surface area contributed by atoms with Crippen LogP contribution in [0.2, 0.25) is 10.0 Å². The van der Waals surface area contributed by atoms with Crippen molar-refractivity contribution < 1.29 is 14.3 Å². The highest BCUT2D eigenvalue weighted by molar-refractivity contribution is 6.42. The molecule has 0 saturated heterocycles. The molecule has 0 aliphatic carbocycles. The summed E-state index contributed by atoms with van der Waals surface area (Å²) < 4.78 is 5.97. The standard InChI is InChI=1S/C28H30Cl2N2O3/c1-18-12-19(2)20(3)26(13-18)35-17-27(33)32(16-22-10-11-23(29)24(30)14-22)25(28(34)31-4)15-21-8-6-5-7-9-21/h5-14,25H,15-17H2,1-4H3,(H,31,34)/t25-/m1/s1. The van der Waals surface area contributed by atoms with Crippen molar-refractivity contribution in [2.45, 2.75) is 39.8 Å². The molecule has 3 rings (SSSR count). The first kappa shape index (κ1) is 26.6. The summed E-state index contributed by atoms with van der Waals surface area (Å²) in [5.74, 6) is 0.0916. The van der Waals surface area contributed by atoms with E-state index in [1.54, 1.807) is 30.1 Å². The predicted molar refractivity (Wildman–Crippen MR) is 141 cm³/mol. The Kier molecular flexibility index (Phi) is 9.19. The van der Waals surface area contributed by atoms with Gasteiger partial charge in [0.2, 0.25) is 5.91 Å². The number of halogens is 2. The number of nitrogens with one attached hydrogen (secondary N) is 1. The van der Waals surface area contributed by atoms with E-state index in [2.05, 4.69) is 11.4 Å². The lowest BCUT2D eigenvalue weighted by atomic mass is 10.0. The topological polar surface area (TPSA) is 58.6 Å². The minimum absolute atomic E-state index is 0.176. The van der Waals surface area contributed by atoms with Gasteiger partial charge in [-0.15, -0.1) is 0 Å². The highest BCUT2D eigenvalue weighted by atomic mass is 35.5. The van der Waals surface area contributed by atoms with Gasteiger partial charge in [0.1, 0.15) is 11.8 Å². The molecule has 0 unspecified atom stereocenters. The van der Waals surface area contributed by atoms with Gasteiger partial charge in [0.25, 0.3) is 5.91 Å². The summed E-state index contributed by atoms with van der Waals surface area (Å²) in [6.45, 7) is 5.93. The van der Waals surface area contributed by atoms with E-state index in [9.17, 15) is 9.59 Å². The first-order valence-corrected chi connectivity index (χ1v) is 12.1. The van der Waals surface area contributed by atoms with Gasteiger partial charge in [-0.25, -0.2) is 0 Å². The highest BCUT2D eigenvalue weighted by Crippen LogP contribution is 2.26. The van der Waals surface area contributed by atoms with Crippen molar-refractivity contribution in [1.29, 1.82) is 0 Å². The van der Waals surface area contributed by atoms with Crippen LogP contribution in [0.4, 0.5) is 0 Å². The van der Waals surface area contributed by atoms with Gasteiger partial charge in [0.15, 0.2) is 6.61 Å². The number of nitrogens with zero attached hydrogens (tertiary/aromatic N) is 1. The molecule has 0 saturated carbocycles. The summed E-state index contributed by atoms with van der Waals surface area (Å²) in [5, 5.41) is 3.52. The molecule has 7 heteroatoms. The van der Waals surface area contributed by atoms with Crippen LogP contribution in [0.3, 0.4) is 0 Å². The molecule has 0 radical (unpaired) electrons. The Balaban J connectivity index is 1.92. The number of hydrogen-bond acceptors (Lipinski definition) is 3. The fourth-order valence-electron chi connectivity index (χ4n) is 3.93. The quantitative estimate of drug-likeness (QED) is 0.400. The predicted octanol–water partition coefficient (Wildman–Crippen LogP) is 5.68. The molecule has 0 aliphatic rings. The zero-order valence-corrected chi connectivity index (χ0v) is 21.9. The Bertz CT molecular complexity index is 1200. The van der Waals surface area contributed by atoms with Crippen molar-refractivity contribution in [3.05, 3.63) is 98.5 Å². The lowest BCUT2D eigenvalue weighted by molar-refractivity contribution is -0.142. The van der Waals surface area contributed by atoms with Crippen molar-refractivity contribution in [1.82, 2.24) is 10.2 Å². The van der Waals surface area contributed by atoms with Crippen LogP contribution >= 0.6 is 23.2 Å². The average molecular weight is 513 g/mol. The second kappa shape index (κ2) is 12.1. The maximum Gasteiger partial charge on any atom is 0.261 e. The molecule has 3 aromatic rings. The van der Waals surface area contributed by atoms with E-state index < -0.39 is 6.04 Å². The van der Waals surface area contributed by atoms with E-state index in [-0.39, 0.29) is 25.0 Å². The van der Waals surface area contributed by atoms with Crippen molar-refractivity contribution >= 4 is 35.0 Å². The molecule has 35 heavy (non-hydrogen) atoms. The second-order valence-electron chi connectivity index (χ2n) is 8.58. The lowest BCUT2D eigenvalue weighted by Crippen LogP contribution is -2.51. The number of benzene rings is 3. The molecule has 0 fully saturated rings. The van der Waals surface area contributed by atoms with Crippen LogP contribution in [-0.2, 0) is 22.6 Å². The Hall–Kier alpha value is -3.02. The largest absolute Gasteiger partial charge is 0.483 e. The third-order valence-electron chi connectivity index (χ3n) is 5.97. The van der Waals surface area contributed by atoms with Crippen LogP contribution < -0.4 is 10.1 Å². The average Bonchev–Trinajstić information content (AvgIpc) is 2.84. The number of ether oxygens (including phenoxy) is 1. The number of carbonyl (C=O) groups is 2. The van der Waals surface area contributed by atoms with Crippen molar-refractivity contribution in [3.63, 3.8) is 0 Å². The van der Waals surface area contributed by atoms with Crippen molar-refractivity contribution in [3.8, 4) is 5.75 Å². The van der Waals surface area contributed by atoms with E-state index in [1.165, 1.54) is 0 Å². The number of rotatable bonds is 9. The van der Waals surface area contributed by atoms with Gasteiger partial charge in [-0.05, 0) is 66.8 Å². The fourth-order valence-corrected chi connectivity index (χ4v) is 4.25. The van der Waals surface area contributed by atoms with Gasteiger partial charge in [-0.3, -0.25) is 9.59 Å². The van der Waals surface area contributed by atoms with Gasteiger partial charge in [-0.2, -0.15) is 0 Å². The van der Waals surface area contributed by atoms with E-state index in [4.69, 9.17) is 27.9 Å². The summed E-state index contributed by atoms with van der Waals surface area (Å²) in [4.78, 5) is 28.1. The summed E-state index contributed by atoms with van der Waals surface area (Å²) in [5.41, 5.74) is 4.82. The number of hydrogen-bond donors (Lipinski definition) is 1. The van der Waals surface area contributed by atoms with E-state index >= 15 is 0 Å². The molecular weight excluding hydrogens is 483 g/mol. The van der Waals surface area contributed by atoms with E-state index in [0.717, 1.165) is 27.8 Å². The molecule has 2 amide bonds. The van der Waals surface area contributed by atoms with Gasteiger partial charge >= 0.3 is 0 Å². The maximum atomic E-state index is 13.6. The monoisotopic (exact) mass is 512 g/mol. The zero-order valence-electron chi connectivity index (χ0n) is 20.4. The molecule has 5 nitrogen and oxygen atoms in total.